The van der Waals surface area contributed by atoms with Crippen molar-refractivity contribution >= 4 is 5.97 Å². The van der Waals surface area contributed by atoms with E-state index in [-0.39, 0.29) is 6.42 Å². The maximum Gasteiger partial charge on any atom is 0.0851 e. The number of hydrogen-bond donors (Lipinski definition) is 1. The minimum Gasteiger partial charge on any atom is -0.550 e. The summed E-state index contributed by atoms with van der Waals surface area (Å²) >= 11 is 0. The largest absolute Gasteiger partial charge is 0.550 e. The third-order valence-corrected chi connectivity index (χ3v) is 0.289. The van der Waals surface area contributed by atoms with Crippen molar-refractivity contribution in [2.45, 2.75) is 13.3 Å². The second-order valence-electron chi connectivity index (χ2n) is 2.84. The van der Waals surface area contributed by atoms with Gasteiger partial charge in [-0.25, -0.2) is 0 Å². The van der Waals surface area contributed by atoms with E-state index in [9.17, 15) is 9.90 Å². The van der Waals surface area contributed by atoms with Gasteiger partial charge in [-0.2, -0.15) is 5.84 Å². The molecule has 0 fully saturated rings. The molecule has 2 N–H and O–H groups in total. The van der Waals surface area contributed by atoms with Crippen LogP contribution in [0.5, 0.6) is 0 Å². The van der Waals surface area contributed by atoms with Crippen molar-refractivity contribution in [1.82, 2.24) is 0 Å². The molecule has 4 heteroatoms. The minimum atomic E-state index is -0.995. The van der Waals surface area contributed by atoms with Crippen molar-refractivity contribution < 1.29 is 14.5 Å². The average Bonchev–Trinajstić information content (AvgIpc) is 1.61. The first kappa shape index (κ1) is 12.1. The van der Waals surface area contributed by atoms with Crippen molar-refractivity contribution in [3.8, 4) is 0 Å². The maximum atomic E-state index is 9.26. The topological polar surface area (TPSA) is 66.1 Å². The van der Waals surface area contributed by atoms with Crippen molar-refractivity contribution in [3.63, 3.8) is 0 Å². The van der Waals surface area contributed by atoms with E-state index in [0.29, 0.717) is 4.59 Å². The molecule has 62 valence electrons. The predicted octanol–water partition coefficient (Wildman–Crippen LogP) is -1.29. The highest BCUT2D eigenvalue weighted by atomic mass is 16.4. The van der Waals surface area contributed by atoms with Crippen molar-refractivity contribution in [3.05, 3.63) is 0 Å². The van der Waals surface area contributed by atoms with Gasteiger partial charge in [0, 0.05) is 5.97 Å². The molecule has 0 aliphatic carbocycles. The number of nitrogens with zero attached hydrogens (tertiary/aromatic N) is 1. The lowest BCUT2D eigenvalue weighted by Gasteiger charge is -2.12. The molecule has 0 spiro atoms. The fourth-order valence-corrected chi connectivity index (χ4v) is 0. The lowest BCUT2D eigenvalue weighted by Crippen LogP contribution is -2.41. The number of quaternary nitrogens is 1. The molecule has 0 aromatic rings. The van der Waals surface area contributed by atoms with E-state index in [1.54, 1.807) is 0 Å². The number of rotatable bonds is 1. The van der Waals surface area contributed by atoms with E-state index in [2.05, 4.69) is 0 Å². The van der Waals surface area contributed by atoms with Gasteiger partial charge in [0.2, 0.25) is 0 Å². The predicted molar refractivity (Wildman–Crippen MR) is 37.5 cm³/mol. The van der Waals surface area contributed by atoms with Gasteiger partial charge < -0.3 is 9.90 Å². The van der Waals surface area contributed by atoms with Crippen LogP contribution in [0.15, 0.2) is 0 Å². The molecule has 0 atom stereocenters. The average molecular weight is 148 g/mol. The zero-order valence-corrected chi connectivity index (χ0v) is 7.05. The van der Waals surface area contributed by atoms with E-state index < -0.39 is 5.97 Å². The van der Waals surface area contributed by atoms with Gasteiger partial charge in [0.05, 0.1) is 21.1 Å². The Hall–Kier alpha value is -0.610. The molecule has 0 heterocycles. The van der Waals surface area contributed by atoms with Crippen LogP contribution < -0.4 is 10.9 Å². The number of nitrogens with two attached hydrogens (primary N) is 1. The standard InChI is InChI=1S/C3H11N2.C3H6O2/c1-5(2,3)4;1-2-3(4)5/h4H2,1-3H3;2H2,1H3,(H,4,5)/q+1;/p-1. The molecule has 0 saturated carbocycles. The summed E-state index contributed by atoms with van der Waals surface area (Å²) < 4.78 is 0.500. The molecule has 0 rings (SSSR count). The quantitative estimate of drug-likeness (QED) is 0.286. The fraction of sp³-hybridized carbons (Fsp3) is 0.833. The lowest BCUT2D eigenvalue weighted by atomic mass is 10.5. The lowest BCUT2D eigenvalue weighted by molar-refractivity contribution is -0.882. The van der Waals surface area contributed by atoms with Crippen LogP contribution in [0.25, 0.3) is 0 Å². The molecule has 10 heavy (non-hydrogen) atoms. The summed E-state index contributed by atoms with van der Waals surface area (Å²) in [5.41, 5.74) is 0. The van der Waals surface area contributed by atoms with Crippen LogP contribution in [0.1, 0.15) is 13.3 Å². The summed E-state index contributed by atoms with van der Waals surface area (Å²) in [6, 6.07) is 0. The molecule has 0 aliphatic rings. The molecule has 0 amide bonds. The van der Waals surface area contributed by atoms with E-state index in [1.165, 1.54) is 6.92 Å². The van der Waals surface area contributed by atoms with Gasteiger partial charge >= 0.3 is 0 Å². The van der Waals surface area contributed by atoms with Gasteiger partial charge in [-0.1, -0.05) is 6.92 Å². The van der Waals surface area contributed by atoms with Crippen LogP contribution in [-0.4, -0.2) is 31.7 Å². The summed E-state index contributed by atoms with van der Waals surface area (Å²) in [4.78, 5) is 9.26. The van der Waals surface area contributed by atoms with Gasteiger partial charge in [0.15, 0.2) is 0 Å². The minimum absolute atomic E-state index is 0.111. The highest BCUT2D eigenvalue weighted by molar-refractivity contribution is 5.63. The van der Waals surface area contributed by atoms with Crippen molar-refractivity contribution in [2.75, 3.05) is 21.1 Å². The Bertz CT molecular complexity index is 90.4. The fourth-order valence-electron chi connectivity index (χ4n) is 0. The Morgan fingerprint density at radius 1 is 1.50 bits per heavy atom. The molecule has 0 bridgehead atoms. The Kier molecular flexibility index (Phi) is 6.29. The van der Waals surface area contributed by atoms with Gasteiger partial charge in [-0.05, 0) is 6.42 Å². The summed E-state index contributed by atoms with van der Waals surface area (Å²) in [7, 11) is 5.71. The smallest absolute Gasteiger partial charge is 0.0851 e. The van der Waals surface area contributed by atoms with Crippen LogP contribution in [0.4, 0.5) is 0 Å². The number of carbonyl (C=O) groups is 1. The Morgan fingerprint density at radius 3 is 1.60 bits per heavy atom. The monoisotopic (exact) mass is 148 g/mol. The third kappa shape index (κ3) is 156. The van der Waals surface area contributed by atoms with Gasteiger partial charge in [-0.15, -0.1) is 0 Å². The normalized spacial score (nSPS) is 9.70. The zero-order valence-electron chi connectivity index (χ0n) is 7.05. The molecule has 4 nitrogen and oxygen atoms in total. The van der Waals surface area contributed by atoms with Crippen LogP contribution in [-0.2, 0) is 4.79 Å². The van der Waals surface area contributed by atoms with Gasteiger partial charge in [0.25, 0.3) is 0 Å². The zero-order chi connectivity index (χ0) is 8.78. The second-order valence-corrected chi connectivity index (χ2v) is 2.84. The van der Waals surface area contributed by atoms with E-state index in [1.807, 2.05) is 21.1 Å². The maximum absolute atomic E-state index is 9.26. The summed E-state index contributed by atoms with van der Waals surface area (Å²) in [5, 5.41) is 9.26. The molecule has 0 aliphatic heterocycles. The van der Waals surface area contributed by atoms with Crippen molar-refractivity contribution in [2.24, 2.45) is 5.84 Å². The Labute approximate surface area is 61.8 Å². The Balaban J connectivity index is 0. The summed E-state index contributed by atoms with van der Waals surface area (Å²) in [5.74, 6) is 4.30. The van der Waals surface area contributed by atoms with Crippen LogP contribution in [0, 0.1) is 0 Å². The van der Waals surface area contributed by atoms with Crippen LogP contribution >= 0.6 is 0 Å². The summed E-state index contributed by atoms with van der Waals surface area (Å²) in [6.07, 6.45) is 0.111. The number of carboxylic acids is 1. The molecule has 0 saturated heterocycles. The molecule has 0 unspecified atom stereocenters. The third-order valence-electron chi connectivity index (χ3n) is 0.289. The molecule has 0 radical (unpaired) electrons. The number of carboxylic acid groups (broad SMARTS) is 1. The molecule has 0 aromatic carbocycles. The van der Waals surface area contributed by atoms with E-state index in [4.69, 9.17) is 5.84 Å². The van der Waals surface area contributed by atoms with E-state index >= 15 is 0 Å². The summed E-state index contributed by atoms with van der Waals surface area (Å²) in [6.45, 7) is 1.54. The first-order valence-electron chi connectivity index (χ1n) is 3.07. The number of hydrogen-bond acceptors (Lipinski definition) is 3. The highest BCUT2D eigenvalue weighted by Crippen LogP contribution is 1.65. The highest BCUT2D eigenvalue weighted by Gasteiger charge is 1.89. The first-order valence-corrected chi connectivity index (χ1v) is 3.07. The molecular formula is C6H16N2O2. The second kappa shape index (κ2) is 5.20. The number of aliphatic carboxylic acids is 1. The molecule has 0 aromatic heterocycles. The van der Waals surface area contributed by atoms with Crippen LogP contribution in [0.2, 0.25) is 0 Å². The van der Waals surface area contributed by atoms with Crippen molar-refractivity contribution in [1.29, 1.82) is 0 Å². The Morgan fingerprint density at radius 2 is 1.60 bits per heavy atom. The SMILES string of the molecule is CCC(=O)[O-].C[N+](C)(C)N. The first-order chi connectivity index (χ1) is 4.27. The van der Waals surface area contributed by atoms with Gasteiger partial charge in [0.1, 0.15) is 0 Å². The number of carbonyl (C=O) groups excluding carboxylic acids is 1. The van der Waals surface area contributed by atoms with Crippen LogP contribution in [0.3, 0.4) is 0 Å². The van der Waals surface area contributed by atoms with E-state index in [0.717, 1.165) is 0 Å². The molecular weight excluding hydrogens is 132 g/mol. The van der Waals surface area contributed by atoms with Gasteiger partial charge in [-0.3, -0.25) is 4.59 Å².